The first kappa shape index (κ1) is 13.7. The van der Waals surface area contributed by atoms with Gasteiger partial charge in [0, 0.05) is 19.2 Å². The van der Waals surface area contributed by atoms with Crippen LogP contribution in [-0.4, -0.2) is 23.6 Å². The molecule has 0 unspecified atom stereocenters. The Hall–Kier alpha value is -1.36. The van der Waals surface area contributed by atoms with Gasteiger partial charge in [-0.25, -0.2) is 15.8 Å². The van der Waals surface area contributed by atoms with Gasteiger partial charge < -0.3 is 10.3 Å². The van der Waals surface area contributed by atoms with Crippen LogP contribution in [0.5, 0.6) is 0 Å². The van der Waals surface area contributed by atoms with E-state index in [1.165, 1.54) is 19.3 Å². The third-order valence-electron chi connectivity index (χ3n) is 2.87. The second-order valence-corrected chi connectivity index (χ2v) is 4.15. The largest absolute Gasteiger partial charge is 0.359 e. The van der Waals surface area contributed by atoms with E-state index < -0.39 is 0 Å². The average Bonchev–Trinajstić information content (AvgIpc) is 2.37. The van der Waals surface area contributed by atoms with Crippen molar-refractivity contribution < 1.29 is 0 Å². The van der Waals surface area contributed by atoms with Gasteiger partial charge in [-0.05, 0) is 12.8 Å². The molecule has 0 radical (unpaired) electrons. The standard InChI is InChI=1S/C12H23N5/c1-4-6-7-8-17(3)12-10(5-2)11(16-13)14-9-15-12/h9H,4-8,13H2,1-3H3,(H,14,15,16). The van der Waals surface area contributed by atoms with Gasteiger partial charge in [0.2, 0.25) is 0 Å². The molecular formula is C12H23N5. The third kappa shape index (κ3) is 3.56. The first-order valence-corrected chi connectivity index (χ1v) is 6.26. The predicted octanol–water partition coefficient (Wildman–Crippen LogP) is 1.95. The summed E-state index contributed by atoms with van der Waals surface area (Å²) in [5.41, 5.74) is 3.71. The zero-order chi connectivity index (χ0) is 12.7. The minimum Gasteiger partial charge on any atom is -0.359 e. The monoisotopic (exact) mass is 237 g/mol. The summed E-state index contributed by atoms with van der Waals surface area (Å²) in [6.07, 6.45) is 6.09. The topological polar surface area (TPSA) is 67.1 Å². The van der Waals surface area contributed by atoms with E-state index in [2.05, 4.69) is 41.2 Å². The fraction of sp³-hybridized carbons (Fsp3) is 0.667. The number of hydrogen-bond acceptors (Lipinski definition) is 5. The van der Waals surface area contributed by atoms with E-state index in [-0.39, 0.29) is 0 Å². The molecule has 0 aliphatic rings. The molecule has 0 amide bonds. The van der Waals surface area contributed by atoms with Crippen LogP contribution in [0.15, 0.2) is 6.33 Å². The summed E-state index contributed by atoms with van der Waals surface area (Å²) < 4.78 is 0. The molecule has 5 nitrogen and oxygen atoms in total. The predicted molar refractivity (Wildman–Crippen MR) is 72.0 cm³/mol. The number of unbranched alkanes of at least 4 members (excludes halogenated alkanes) is 2. The van der Waals surface area contributed by atoms with E-state index in [0.29, 0.717) is 0 Å². The molecule has 0 aliphatic heterocycles. The van der Waals surface area contributed by atoms with E-state index >= 15 is 0 Å². The summed E-state index contributed by atoms with van der Waals surface area (Å²) >= 11 is 0. The Labute approximate surface area is 103 Å². The zero-order valence-electron chi connectivity index (χ0n) is 11.0. The lowest BCUT2D eigenvalue weighted by molar-refractivity contribution is 0.699. The third-order valence-corrected chi connectivity index (χ3v) is 2.87. The molecule has 5 heteroatoms. The number of hydrogen-bond donors (Lipinski definition) is 2. The number of aromatic nitrogens is 2. The van der Waals surface area contributed by atoms with Crippen LogP contribution in [-0.2, 0) is 6.42 Å². The highest BCUT2D eigenvalue weighted by molar-refractivity contribution is 5.57. The van der Waals surface area contributed by atoms with Crippen LogP contribution in [0.3, 0.4) is 0 Å². The highest BCUT2D eigenvalue weighted by Crippen LogP contribution is 2.22. The number of nitrogens with two attached hydrogens (primary N) is 1. The molecular weight excluding hydrogens is 214 g/mol. The normalized spacial score (nSPS) is 10.4. The SMILES string of the molecule is CCCCCN(C)c1ncnc(NN)c1CC. The molecule has 0 aromatic carbocycles. The number of rotatable bonds is 7. The summed E-state index contributed by atoms with van der Waals surface area (Å²) in [6, 6.07) is 0. The lowest BCUT2D eigenvalue weighted by Crippen LogP contribution is -2.23. The number of anilines is 2. The quantitative estimate of drug-likeness (QED) is 0.431. The number of hydrazine groups is 1. The maximum atomic E-state index is 5.46. The van der Waals surface area contributed by atoms with Crippen LogP contribution in [0.4, 0.5) is 11.6 Å². The van der Waals surface area contributed by atoms with Crippen molar-refractivity contribution in [2.24, 2.45) is 5.84 Å². The van der Waals surface area contributed by atoms with E-state index in [9.17, 15) is 0 Å². The molecule has 17 heavy (non-hydrogen) atoms. The van der Waals surface area contributed by atoms with Crippen molar-refractivity contribution in [3.8, 4) is 0 Å². The van der Waals surface area contributed by atoms with E-state index in [1.54, 1.807) is 6.33 Å². The van der Waals surface area contributed by atoms with Crippen molar-refractivity contribution in [1.29, 1.82) is 0 Å². The molecule has 1 heterocycles. The Balaban J connectivity index is 2.81. The van der Waals surface area contributed by atoms with Gasteiger partial charge in [-0.3, -0.25) is 0 Å². The summed E-state index contributed by atoms with van der Waals surface area (Å²) in [6.45, 7) is 5.31. The van der Waals surface area contributed by atoms with Gasteiger partial charge in [-0.15, -0.1) is 0 Å². The highest BCUT2D eigenvalue weighted by atomic mass is 15.3. The molecule has 0 fully saturated rings. The second kappa shape index (κ2) is 7.06. The molecule has 0 aliphatic carbocycles. The van der Waals surface area contributed by atoms with Gasteiger partial charge in [0.25, 0.3) is 0 Å². The van der Waals surface area contributed by atoms with Crippen LogP contribution in [0.25, 0.3) is 0 Å². The Morgan fingerprint density at radius 3 is 2.65 bits per heavy atom. The van der Waals surface area contributed by atoms with Crippen molar-refractivity contribution in [2.45, 2.75) is 39.5 Å². The van der Waals surface area contributed by atoms with Gasteiger partial charge >= 0.3 is 0 Å². The van der Waals surface area contributed by atoms with E-state index in [4.69, 9.17) is 5.84 Å². The van der Waals surface area contributed by atoms with Crippen LogP contribution < -0.4 is 16.2 Å². The molecule has 0 atom stereocenters. The maximum Gasteiger partial charge on any atom is 0.148 e. The van der Waals surface area contributed by atoms with Gasteiger partial charge in [0.1, 0.15) is 18.0 Å². The fourth-order valence-electron chi connectivity index (χ4n) is 1.89. The van der Waals surface area contributed by atoms with Crippen LogP contribution in [0, 0.1) is 0 Å². The van der Waals surface area contributed by atoms with Gasteiger partial charge in [-0.2, -0.15) is 0 Å². The summed E-state index contributed by atoms with van der Waals surface area (Å²) in [4.78, 5) is 10.7. The molecule has 1 aromatic rings. The first-order valence-electron chi connectivity index (χ1n) is 6.26. The maximum absolute atomic E-state index is 5.46. The minimum atomic E-state index is 0.722. The Bertz CT molecular complexity index is 340. The lowest BCUT2D eigenvalue weighted by Gasteiger charge is -2.21. The minimum absolute atomic E-state index is 0.722. The van der Waals surface area contributed by atoms with Crippen LogP contribution in [0.1, 0.15) is 38.7 Å². The summed E-state index contributed by atoms with van der Waals surface area (Å²) in [5, 5.41) is 0. The van der Waals surface area contributed by atoms with Crippen molar-refractivity contribution >= 4 is 11.6 Å². The number of nitrogens with one attached hydrogen (secondary N) is 1. The average molecular weight is 237 g/mol. The van der Waals surface area contributed by atoms with Crippen LogP contribution in [0.2, 0.25) is 0 Å². The second-order valence-electron chi connectivity index (χ2n) is 4.15. The molecule has 1 aromatic heterocycles. The molecule has 3 N–H and O–H groups in total. The zero-order valence-corrected chi connectivity index (χ0v) is 11.0. The van der Waals surface area contributed by atoms with E-state index in [0.717, 1.165) is 30.2 Å². The van der Waals surface area contributed by atoms with Gasteiger partial charge in [0.15, 0.2) is 0 Å². The van der Waals surface area contributed by atoms with Gasteiger partial charge in [-0.1, -0.05) is 26.7 Å². The van der Waals surface area contributed by atoms with E-state index in [1.807, 2.05) is 0 Å². The van der Waals surface area contributed by atoms with Gasteiger partial charge in [0.05, 0.1) is 0 Å². The molecule has 0 bridgehead atoms. The van der Waals surface area contributed by atoms with Crippen molar-refractivity contribution in [3.05, 3.63) is 11.9 Å². The van der Waals surface area contributed by atoms with Crippen molar-refractivity contribution in [3.63, 3.8) is 0 Å². The Kier molecular flexibility index (Phi) is 5.69. The molecule has 1 rings (SSSR count). The smallest absolute Gasteiger partial charge is 0.148 e. The summed E-state index contributed by atoms with van der Waals surface area (Å²) in [5.74, 6) is 7.16. The Morgan fingerprint density at radius 1 is 1.29 bits per heavy atom. The highest BCUT2D eigenvalue weighted by Gasteiger charge is 2.12. The first-order chi connectivity index (χ1) is 8.24. The summed E-state index contributed by atoms with van der Waals surface area (Å²) in [7, 11) is 2.07. The number of nitrogen functional groups attached to an aromatic ring is 1. The Morgan fingerprint density at radius 2 is 2.06 bits per heavy atom. The number of nitrogens with zero attached hydrogens (tertiary/aromatic N) is 3. The molecule has 0 saturated heterocycles. The molecule has 0 spiro atoms. The fourth-order valence-corrected chi connectivity index (χ4v) is 1.89. The van der Waals surface area contributed by atoms with Crippen LogP contribution >= 0.6 is 0 Å². The molecule has 96 valence electrons. The van der Waals surface area contributed by atoms with Crippen molar-refractivity contribution in [2.75, 3.05) is 23.9 Å². The lowest BCUT2D eigenvalue weighted by atomic mass is 10.2. The van der Waals surface area contributed by atoms with Crippen molar-refractivity contribution in [1.82, 2.24) is 9.97 Å². The molecule has 0 saturated carbocycles.